The first kappa shape index (κ1) is 20.7. The highest BCUT2D eigenvalue weighted by Crippen LogP contribution is 2.29. The first-order valence-corrected chi connectivity index (χ1v) is 7.80. The van der Waals surface area contributed by atoms with E-state index in [1.54, 1.807) is 0 Å². The topological polar surface area (TPSA) is 59.2 Å². The lowest BCUT2D eigenvalue weighted by atomic mass is 9.79. The average Bonchev–Trinajstić information content (AvgIpc) is 2.48. The molecule has 0 aliphatic carbocycles. The highest BCUT2D eigenvalue weighted by Gasteiger charge is 2.35. The van der Waals surface area contributed by atoms with Gasteiger partial charge in [-0.25, -0.2) is 0 Å². The number of aryl methyl sites for hydroxylation is 1. The van der Waals surface area contributed by atoms with Crippen LogP contribution in [0.1, 0.15) is 36.3 Å². The lowest BCUT2D eigenvalue weighted by molar-refractivity contribution is 0.0534. The standard InChI is InChI=1S/C18H23N3O.2ClH/c1-12-7-8-13-5-4-6-14(16(13)20-12)17(22)21-10-9-15(19)18(2,3)11-21;;/h4-8,15H,9-11,19H2,1-3H3;2*1H. The summed E-state index contributed by atoms with van der Waals surface area (Å²) in [5.41, 5.74) is 8.52. The Morgan fingerprint density at radius 2 is 1.96 bits per heavy atom. The number of piperidine rings is 1. The molecular weight excluding hydrogens is 345 g/mol. The minimum absolute atomic E-state index is 0. The van der Waals surface area contributed by atoms with Crippen molar-refractivity contribution in [1.82, 2.24) is 9.88 Å². The number of nitrogens with two attached hydrogens (primary N) is 1. The third kappa shape index (κ3) is 3.82. The maximum absolute atomic E-state index is 13.0. The van der Waals surface area contributed by atoms with Gasteiger partial charge in [0.1, 0.15) is 0 Å². The van der Waals surface area contributed by atoms with Gasteiger partial charge in [-0.1, -0.05) is 32.0 Å². The number of benzene rings is 1. The number of carbonyl (C=O) groups excluding carboxylic acids is 1. The van der Waals surface area contributed by atoms with Crippen molar-refractivity contribution in [2.24, 2.45) is 11.1 Å². The van der Waals surface area contributed by atoms with Crippen molar-refractivity contribution in [2.75, 3.05) is 13.1 Å². The summed E-state index contributed by atoms with van der Waals surface area (Å²) in [5, 5.41) is 1.00. The van der Waals surface area contributed by atoms with Crippen LogP contribution in [-0.2, 0) is 0 Å². The van der Waals surface area contributed by atoms with Gasteiger partial charge in [0, 0.05) is 30.2 Å². The number of aromatic nitrogens is 1. The third-order valence-corrected chi connectivity index (χ3v) is 4.69. The lowest BCUT2D eigenvalue weighted by Crippen LogP contribution is -2.54. The van der Waals surface area contributed by atoms with E-state index in [0.717, 1.165) is 23.0 Å². The number of amides is 1. The first-order chi connectivity index (χ1) is 10.4. The fourth-order valence-electron chi connectivity index (χ4n) is 3.13. The van der Waals surface area contributed by atoms with Gasteiger partial charge in [0.2, 0.25) is 0 Å². The summed E-state index contributed by atoms with van der Waals surface area (Å²) in [5.74, 6) is 0.0590. The molecule has 2 heterocycles. The van der Waals surface area contributed by atoms with Gasteiger partial charge < -0.3 is 10.6 Å². The van der Waals surface area contributed by atoms with Crippen LogP contribution in [0.2, 0.25) is 0 Å². The Bertz CT molecular complexity index is 733. The van der Waals surface area contributed by atoms with Crippen LogP contribution in [0.5, 0.6) is 0 Å². The predicted molar refractivity (Wildman–Crippen MR) is 103 cm³/mol. The molecule has 4 nitrogen and oxygen atoms in total. The Hall–Kier alpha value is -1.36. The quantitative estimate of drug-likeness (QED) is 0.835. The molecule has 132 valence electrons. The highest BCUT2D eigenvalue weighted by atomic mass is 35.5. The van der Waals surface area contributed by atoms with Crippen molar-refractivity contribution in [3.63, 3.8) is 0 Å². The van der Waals surface area contributed by atoms with Crippen molar-refractivity contribution in [3.8, 4) is 0 Å². The van der Waals surface area contributed by atoms with Crippen LogP contribution in [0, 0.1) is 12.3 Å². The molecule has 3 rings (SSSR count). The normalized spacial score (nSPS) is 19.3. The molecule has 1 unspecified atom stereocenters. The van der Waals surface area contributed by atoms with E-state index in [1.807, 2.05) is 42.2 Å². The minimum atomic E-state index is -0.0537. The lowest BCUT2D eigenvalue weighted by Gasteiger charge is -2.42. The summed E-state index contributed by atoms with van der Waals surface area (Å²) >= 11 is 0. The summed E-state index contributed by atoms with van der Waals surface area (Å²) in [6.07, 6.45) is 0.843. The smallest absolute Gasteiger partial charge is 0.256 e. The zero-order valence-corrected chi connectivity index (χ0v) is 15.9. The average molecular weight is 370 g/mol. The predicted octanol–water partition coefficient (Wildman–Crippen LogP) is 3.59. The highest BCUT2D eigenvalue weighted by molar-refractivity contribution is 6.05. The van der Waals surface area contributed by atoms with Gasteiger partial charge >= 0.3 is 0 Å². The molecule has 0 spiro atoms. The Morgan fingerprint density at radius 1 is 1.25 bits per heavy atom. The van der Waals surface area contributed by atoms with Crippen LogP contribution in [0.3, 0.4) is 0 Å². The van der Waals surface area contributed by atoms with Crippen LogP contribution >= 0.6 is 24.8 Å². The maximum Gasteiger partial charge on any atom is 0.256 e. The van der Waals surface area contributed by atoms with Crippen molar-refractivity contribution in [2.45, 2.75) is 33.2 Å². The molecule has 24 heavy (non-hydrogen) atoms. The summed E-state index contributed by atoms with van der Waals surface area (Å²) in [4.78, 5) is 19.5. The zero-order valence-electron chi connectivity index (χ0n) is 14.3. The van der Waals surface area contributed by atoms with E-state index in [2.05, 4.69) is 18.8 Å². The monoisotopic (exact) mass is 369 g/mol. The molecule has 1 aromatic carbocycles. The largest absolute Gasteiger partial charge is 0.338 e. The number of hydrogen-bond acceptors (Lipinski definition) is 3. The molecular formula is C18H25Cl2N3O. The maximum atomic E-state index is 13.0. The molecule has 2 aromatic rings. The number of rotatable bonds is 1. The Morgan fingerprint density at radius 3 is 2.62 bits per heavy atom. The second kappa shape index (κ2) is 7.68. The van der Waals surface area contributed by atoms with Gasteiger partial charge in [-0.3, -0.25) is 9.78 Å². The number of para-hydroxylation sites is 1. The van der Waals surface area contributed by atoms with Crippen LogP contribution < -0.4 is 5.73 Å². The number of hydrogen-bond donors (Lipinski definition) is 1. The third-order valence-electron chi connectivity index (χ3n) is 4.69. The molecule has 1 atom stereocenters. The van der Waals surface area contributed by atoms with Crippen molar-refractivity contribution in [3.05, 3.63) is 41.6 Å². The van der Waals surface area contributed by atoms with E-state index in [0.29, 0.717) is 18.7 Å². The second-order valence-corrected chi connectivity index (χ2v) is 6.94. The van der Waals surface area contributed by atoms with Crippen molar-refractivity contribution < 1.29 is 4.79 Å². The van der Waals surface area contributed by atoms with E-state index >= 15 is 0 Å². The molecule has 6 heteroatoms. The van der Waals surface area contributed by atoms with Crippen LogP contribution in [0.25, 0.3) is 10.9 Å². The van der Waals surface area contributed by atoms with Crippen molar-refractivity contribution >= 4 is 41.6 Å². The van der Waals surface area contributed by atoms with Gasteiger partial charge in [0.05, 0.1) is 11.1 Å². The van der Waals surface area contributed by atoms with Gasteiger partial charge in [-0.05, 0) is 30.9 Å². The molecule has 1 aliphatic rings. The molecule has 1 aliphatic heterocycles. The number of halogens is 2. The van der Waals surface area contributed by atoms with E-state index < -0.39 is 0 Å². The fraction of sp³-hybridized carbons (Fsp3) is 0.444. The summed E-state index contributed by atoms with van der Waals surface area (Å²) in [6.45, 7) is 7.61. The van der Waals surface area contributed by atoms with Gasteiger partial charge in [0.25, 0.3) is 5.91 Å². The van der Waals surface area contributed by atoms with Gasteiger partial charge in [0.15, 0.2) is 0 Å². The number of pyridine rings is 1. The summed E-state index contributed by atoms with van der Waals surface area (Å²) in [6, 6.07) is 9.93. The zero-order chi connectivity index (χ0) is 15.9. The molecule has 1 aromatic heterocycles. The molecule has 0 radical (unpaired) electrons. The SMILES string of the molecule is Cc1ccc2cccc(C(=O)N3CCC(N)C(C)(C)C3)c2n1.Cl.Cl. The van der Waals surface area contributed by atoms with Crippen LogP contribution in [0.4, 0.5) is 0 Å². The van der Waals surface area contributed by atoms with Gasteiger partial charge in [-0.2, -0.15) is 0 Å². The Balaban J connectivity index is 0.00000144. The van der Waals surface area contributed by atoms with E-state index in [-0.39, 0.29) is 42.2 Å². The van der Waals surface area contributed by atoms with E-state index in [1.165, 1.54) is 0 Å². The van der Waals surface area contributed by atoms with Crippen LogP contribution in [0.15, 0.2) is 30.3 Å². The first-order valence-electron chi connectivity index (χ1n) is 7.80. The molecule has 2 N–H and O–H groups in total. The number of fused-ring (bicyclic) bond motifs is 1. The number of carbonyl (C=O) groups is 1. The van der Waals surface area contributed by atoms with Crippen molar-refractivity contribution in [1.29, 1.82) is 0 Å². The molecule has 1 amide bonds. The summed E-state index contributed by atoms with van der Waals surface area (Å²) < 4.78 is 0. The molecule has 1 saturated heterocycles. The van der Waals surface area contributed by atoms with E-state index in [9.17, 15) is 4.79 Å². The fourth-order valence-corrected chi connectivity index (χ4v) is 3.13. The number of likely N-dealkylation sites (tertiary alicyclic amines) is 1. The molecule has 0 saturated carbocycles. The molecule has 1 fully saturated rings. The Kier molecular flexibility index (Phi) is 6.62. The van der Waals surface area contributed by atoms with Gasteiger partial charge in [-0.15, -0.1) is 24.8 Å². The molecule has 0 bridgehead atoms. The van der Waals surface area contributed by atoms with Crippen LogP contribution in [-0.4, -0.2) is 34.9 Å². The summed E-state index contributed by atoms with van der Waals surface area (Å²) in [7, 11) is 0. The van der Waals surface area contributed by atoms with E-state index in [4.69, 9.17) is 5.73 Å². The second-order valence-electron chi connectivity index (χ2n) is 6.94. The number of nitrogens with zero attached hydrogens (tertiary/aromatic N) is 2. The minimum Gasteiger partial charge on any atom is -0.338 e. The Labute approximate surface area is 155 Å².